The predicted octanol–water partition coefficient (Wildman–Crippen LogP) is 2.26. The second kappa shape index (κ2) is 9.69. The first-order valence-corrected chi connectivity index (χ1v) is 8.96. The molecule has 1 fully saturated rings. The number of methoxy groups -OCH3 is 1. The second-order valence-corrected chi connectivity index (χ2v) is 6.38. The van der Waals surface area contributed by atoms with Crippen molar-refractivity contribution in [1.82, 2.24) is 10.2 Å². The van der Waals surface area contributed by atoms with Gasteiger partial charge in [-0.1, -0.05) is 0 Å². The standard InChI is InChI=1S/C16H28N4OS/c1-17-16(18-8-4-3-5-13-21-2)20-11-9-19(10-12-20)15-7-6-14-22-15/h6-7,14H,3-5,8-13H2,1-2H3,(H,17,18). The zero-order chi connectivity index (χ0) is 15.6. The number of nitrogens with zero attached hydrogens (tertiary/aromatic N) is 3. The molecular weight excluding hydrogens is 296 g/mol. The summed E-state index contributed by atoms with van der Waals surface area (Å²) in [5.74, 6) is 1.04. The van der Waals surface area contributed by atoms with Gasteiger partial charge in [0.15, 0.2) is 5.96 Å². The van der Waals surface area contributed by atoms with Crippen molar-refractivity contribution in [3.8, 4) is 0 Å². The SMILES string of the molecule is CN=C(NCCCCCOC)N1CCN(c2cccs2)CC1. The minimum absolute atomic E-state index is 0.861. The molecule has 0 amide bonds. The summed E-state index contributed by atoms with van der Waals surface area (Å²) in [5, 5.41) is 7.01. The highest BCUT2D eigenvalue weighted by molar-refractivity contribution is 7.14. The fourth-order valence-corrected chi connectivity index (χ4v) is 3.45. The van der Waals surface area contributed by atoms with Crippen molar-refractivity contribution in [3.05, 3.63) is 17.5 Å². The van der Waals surface area contributed by atoms with Gasteiger partial charge in [-0.15, -0.1) is 11.3 Å². The molecule has 6 heteroatoms. The quantitative estimate of drug-likeness (QED) is 0.474. The Hall–Kier alpha value is -1.27. The van der Waals surface area contributed by atoms with Gasteiger partial charge in [0.1, 0.15) is 0 Å². The fraction of sp³-hybridized carbons (Fsp3) is 0.688. The van der Waals surface area contributed by atoms with Crippen molar-refractivity contribution >= 4 is 22.3 Å². The molecule has 1 saturated heterocycles. The summed E-state index contributed by atoms with van der Waals surface area (Å²) >= 11 is 1.82. The molecule has 124 valence electrons. The molecule has 0 spiro atoms. The Bertz CT molecular complexity index is 427. The zero-order valence-electron chi connectivity index (χ0n) is 13.8. The van der Waals surface area contributed by atoms with E-state index in [9.17, 15) is 0 Å². The predicted molar refractivity (Wildman–Crippen MR) is 95.2 cm³/mol. The molecule has 1 aliphatic heterocycles. The van der Waals surface area contributed by atoms with Crippen LogP contribution in [-0.2, 0) is 4.74 Å². The molecule has 0 aliphatic carbocycles. The highest BCUT2D eigenvalue weighted by Crippen LogP contribution is 2.22. The fourth-order valence-electron chi connectivity index (χ4n) is 2.67. The first-order chi connectivity index (χ1) is 10.8. The van der Waals surface area contributed by atoms with Gasteiger partial charge in [-0.25, -0.2) is 0 Å². The maximum Gasteiger partial charge on any atom is 0.193 e. The van der Waals surface area contributed by atoms with Crippen LogP contribution >= 0.6 is 11.3 Å². The molecule has 1 N–H and O–H groups in total. The van der Waals surface area contributed by atoms with E-state index in [0.29, 0.717) is 0 Å². The van der Waals surface area contributed by atoms with Crippen LogP contribution in [0.4, 0.5) is 5.00 Å². The molecule has 0 radical (unpaired) electrons. The number of nitrogens with one attached hydrogen (secondary N) is 1. The molecule has 5 nitrogen and oxygen atoms in total. The summed E-state index contributed by atoms with van der Waals surface area (Å²) < 4.78 is 5.07. The van der Waals surface area contributed by atoms with E-state index >= 15 is 0 Å². The van der Waals surface area contributed by atoms with E-state index in [0.717, 1.165) is 58.1 Å². The van der Waals surface area contributed by atoms with Crippen LogP contribution in [0.5, 0.6) is 0 Å². The van der Waals surface area contributed by atoms with Crippen LogP contribution < -0.4 is 10.2 Å². The Morgan fingerprint density at radius 1 is 1.27 bits per heavy atom. The summed E-state index contributed by atoms with van der Waals surface area (Å²) in [4.78, 5) is 9.24. The number of hydrogen-bond donors (Lipinski definition) is 1. The van der Waals surface area contributed by atoms with Crippen molar-refractivity contribution in [2.75, 3.05) is 58.4 Å². The van der Waals surface area contributed by atoms with Crippen LogP contribution in [0.25, 0.3) is 0 Å². The highest BCUT2D eigenvalue weighted by atomic mass is 32.1. The van der Waals surface area contributed by atoms with Crippen LogP contribution in [0.3, 0.4) is 0 Å². The Labute approximate surface area is 138 Å². The van der Waals surface area contributed by atoms with Gasteiger partial charge < -0.3 is 19.9 Å². The van der Waals surface area contributed by atoms with Crippen LogP contribution in [0.1, 0.15) is 19.3 Å². The third-order valence-corrected chi connectivity index (χ3v) is 4.85. The maximum atomic E-state index is 5.07. The first kappa shape index (κ1) is 17.1. The van der Waals surface area contributed by atoms with Crippen molar-refractivity contribution in [1.29, 1.82) is 0 Å². The van der Waals surface area contributed by atoms with Gasteiger partial charge in [-0.2, -0.15) is 0 Å². The molecule has 2 heterocycles. The molecule has 22 heavy (non-hydrogen) atoms. The van der Waals surface area contributed by atoms with Gasteiger partial charge >= 0.3 is 0 Å². The van der Waals surface area contributed by atoms with E-state index in [2.05, 4.69) is 37.6 Å². The number of anilines is 1. The highest BCUT2D eigenvalue weighted by Gasteiger charge is 2.19. The summed E-state index contributed by atoms with van der Waals surface area (Å²) in [6.45, 7) is 6.04. The van der Waals surface area contributed by atoms with Gasteiger partial charge in [0.05, 0.1) is 5.00 Å². The number of unbranched alkanes of at least 4 members (excludes halogenated alkanes) is 2. The lowest BCUT2D eigenvalue weighted by Gasteiger charge is -2.37. The summed E-state index contributed by atoms with van der Waals surface area (Å²) in [5.41, 5.74) is 0. The summed E-state index contributed by atoms with van der Waals surface area (Å²) in [6.07, 6.45) is 3.50. The normalized spacial score (nSPS) is 16.2. The van der Waals surface area contributed by atoms with Crippen molar-refractivity contribution in [3.63, 3.8) is 0 Å². The minimum Gasteiger partial charge on any atom is -0.385 e. The molecule has 0 unspecified atom stereocenters. The first-order valence-electron chi connectivity index (χ1n) is 8.08. The van der Waals surface area contributed by atoms with E-state index in [4.69, 9.17) is 4.74 Å². The number of rotatable bonds is 7. The third-order valence-electron chi connectivity index (χ3n) is 3.92. The molecule has 0 aromatic carbocycles. The lowest BCUT2D eigenvalue weighted by Crippen LogP contribution is -2.52. The summed E-state index contributed by atoms with van der Waals surface area (Å²) in [7, 11) is 3.63. The minimum atomic E-state index is 0.861. The van der Waals surface area contributed by atoms with Crippen LogP contribution in [-0.4, -0.2) is 64.3 Å². The number of thiophene rings is 1. The monoisotopic (exact) mass is 324 g/mol. The average molecular weight is 324 g/mol. The molecular formula is C16H28N4OS. The average Bonchev–Trinajstić information content (AvgIpc) is 3.09. The Kier molecular flexibility index (Phi) is 7.53. The lowest BCUT2D eigenvalue weighted by atomic mass is 10.2. The smallest absolute Gasteiger partial charge is 0.193 e. The number of ether oxygens (including phenoxy) is 1. The number of hydrogen-bond acceptors (Lipinski definition) is 4. The Balaban J connectivity index is 1.67. The van der Waals surface area contributed by atoms with Gasteiger partial charge in [-0.3, -0.25) is 4.99 Å². The van der Waals surface area contributed by atoms with Crippen molar-refractivity contribution in [2.24, 2.45) is 4.99 Å². The van der Waals surface area contributed by atoms with E-state index < -0.39 is 0 Å². The van der Waals surface area contributed by atoms with Crippen LogP contribution in [0, 0.1) is 0 Å². The van der Waals surface area contributed by atoms with E-state index in [-0.39, 0.29) is 0 Å². The zero-order valence-corrected chi connectivity index (χ0v) is 14.6. The van der Waals surface area contributed by atoms with Crippen molar-refractivity contribution < 1.29 is 4.74 Å². The number of piperazine rings is 1. The van der Waals surface area contributed by atoms with Gasteiger partial charge in [0, 0.05) is 53.5 Å². The molecule has 1 aromatic rings. The van der Waals surface area contributed by atoms with E-state index in [1.54, 1.807) is 7.11 Å². The summed E-state index contributed by atoms with van der Waals surface area (Å²) in [6, 6.07) is 4.32. The molecule has 0 atom stereocenters. The largest absolute Gasteiger partial charge is 0.385 e. The topological polar surface area (TPSA) is 40.1 Å². The van der Waals surface area contributed by atoms with Crippen LogP contribution in [0.2, 0.25) is 0 Å². The van der Waals surface area contributed by atoms with E-state index in [1.165, 1.54) is 11.4 Å². The third kappa shape index (κ3) is 5.18. The lowest BCUT2D eigenvalue weighted by molar-refractivity contribution is 0.192. The second-order valence-electron chi connectivity index (χ2n) is 5.45. The van der Waals surface area contributed by atoms with Gasteiger partial charge in [0.25, 0.3) is 0 Å². The molecule has 2 rings (SSSR count). The maximum absolute atomic E-state index is 5.07. The van der Waals surface area contributed by atoms with Gasteiger partial charge in [0.2, 0.25) is 0 Å². The number of aliphatic imine (C=N–C) groups is 1. The molecule has 0 bridgehead atoms. The molecule has 1 aliphatic rings. The number of guanidine groups is 1. The molecule has 0 saturated carbocycles. The van der Waals surface area contributed by atoms with Crippen LogP contribution in [0.15, 0.2) is 22.5 Å². The molecule has 1 aromatic heterocycles. The van der Waals surface area contributed by atoms with Crippen molar-refractivity contribution in [2.45, 2.75) is 19.3 Å². The Morgan fingerprint density at radius 2 is 2.09 bits per heavy atom. The van der Waals surface area contributed by atoms with Gasteiger partial charge in [-0.05, 0) is 36.8 Å². The van der Waals surface area contributed by atoms with E-state index in [1.807, 2.05) is 18.4 Å². The Morgan fingerprint density at radius 3 is 2.73 bits per heavy atom.